The van der Waals surface area contributed by atoms with Gasteiger partial charge in [0, 0.05) is 17.0 Å². The smallest absolute Gasteiger partial charge is 0.178 e. The molecular formula is C29H22O2. The van der Waals surface area contributed by atoms with Crippen molar-refractivity contribution in [3.63, 3.8) is 0 Å². The van der Waals surface area contributed by atoms with Crippen LogP contribution in [-0.4, -0.2) is 11.6 Å². The van der Waals surface area contributed by atoms with E-state index in [0.29, 0.717) is 17.5 Å². The maximum atomic E-state index is 14.1. The fraction of sp³-hybridized carbons (Fsp3) is 0.103. The van der Waals surface area contributed by atoms with Gasteiger partial charge in [0.25, 0.3) is 0 Å². The molecule has 0 aromatic heterocycles. The first-order chi connectivity index (χ1) is 15.2. The van der Waals surface area contributed by atoms with Crippen molar-refractivity contribution in [2.24, 2.45) is 5.41 Å². The Bertz CT molecular complexity index is 1150. The molecule has 0 N–H and O–H groups in total. The van der Waals surface area contributed by atoms with E-state index in [9.17, 15) is 9.59 Å². The van der Waals surface area contributed by atoms with Crippen molar-refractivity contribution in [2.45, 2.75) is 12.3 Å². The summed E-state index contributed by atoms with van der Waals surface area (Å²) in [4.78, 5) is 28.2. The van der Waals surface area contributed by atoms with E-state index >= 15 is 0 Å². The molecule has 0 heterocycles. The summed E-state index contributed by atoms with van der Waals surface area (Å²) in [5, 5.41) is 0. The molecule has 0 saturated carbocycles. The Balaban J connectivity index is 1.79. The lowest BCUT2D eigenvalue weighted by Crippen LogP contribution is -2.42. The number of hydrogen-bond donors (Lipinski definition) is 0. The minimum absolute atomic E-state index is 0.0883. The van der Waals surface area contributed by atoms with Crippen LogP contribution in [0, 0.1) is 5.41 Å². The van der Waals surface area contributed by atoms with Gasteiger partial charge in [0.05, 0.1) is 0 Å². The van der Waals surface area contributed by atoms with Crippen LogP contribution in [0.4, 0.5) is 0 Å². The van der Waals surface area contributed by atoms with Crippen molar-refractivity contribution in [3.8, 4) is 0 Å². The molecular weight excluding hydrogens is 380 g/mol. The Hall–Kier alpha value is -3.78. The largest absolute Gasteiger partial charge is 0.293 e. The van der Waals surface area contributed by atoms with E-state index in [1.807, 2.05) is 103 Å². The van der Waals surface area contributed by atoms with Crippen LogP contribution in [0.1, 0.15) is 43.3 Å². The summed E-state index contributed by atoms with van der Waals surface area (Å²) in [7, 11) is 0. The molecule has 1 aliphatic carbocycles. The summed E-state index contributed by atoms with van der Waals surface area (Å²) in [5.41, 5.74) is 2.75. The number of fused-ring (bicyclic) bond motifs is 1. The first kappa shape index (κ1) is 19.2. The highest BCUT2D eigenvalue weighted by Crippen LogP contribution is 2.51. The van der Waals surface area contributed by atoms with Crippen LogP contribution >= 0.6 is 0 Å². The average molecular weight is 402 g/mol. The summed E-state index contributed by atoms with van der Waals surface area (Å²) in [5.74, 6) is -0.563. The monoisotopic (exact) mass is 402 g/mol. The van der Waals surface area contributed by atoms with Crippen molar-refractivity contribution >= 4 is 11.6 Å². The van der Waals surface area contributed by atoms with Gasteiger partial charge in [0.2, 0.25) is 0 Å². The average Bonchev–Trinajstić information content (AvgIpc) is 3.04. The van der Waals surface area contributed by atoms with Crippen molar-refractivity contribution in [1.29, 1.82) is 0 Å². The number of Topliss-reactive ketones (excluding diaryl/α,β-unsaturated/α-hetero) is 2. The van der Waals surface area contributed by atoms with E-state index in [1.54, 1.807) is 12.1 Å². The Kier molecular flexibility index (Phi) is 4.83. The molecule has 0 amide bonds. The van der Waals surface area contributed by atoms with Crippen molar-refractivity contribution < 1.29 is 9.59 Å². The lowest BCUT2D eigenvalue weighted by atomic mass is 9.63. The quantitative estimate of drug-likeness (QED) is 0.377. The van der Waals surface area contributed by atoms with Gasteiger partial charge in [-0.25, -0.2) is 0 Å². The summed E-state index contributed by atoms with van der Waals surface area (Å²) in [6.07, 6.45) is 0.356. The van der Waals surface area contributed by atoms with Crippen LogP contribution in [0.3, 0.4) is 0 Å². The van der Waals surface area contributed by atoms with Gasteiger partial charge < -0.3 is 0 Å². The van der Waals surface area contributed by atoms with E-state index in [4.69, 9.17) is 0 Å². The lowest BCUT2D eigenvalue weighted by Gasteiger charge is -2.36. The molecule has 2 nitrogen and oxygen atoms in total. The molecule has 0 fully saturated rings. The zero-order chi connectivity index (χ0) is 21.3. The first-order valence-electron chi connectivity index (χ1n) is 10.5. The van der Waals surface area contributed by atoms with E-state index in [2.05, 4.69) is 0 Å². The molecule has 0 aliphatic heterocycles. The molecule has 0 atom stereocenters. The highest BCUT2D eigenvalue weighted by Gasteiger charge is 2.58. The molecule has 0 radical (unpaired) electrons. The summed E-state index contributed by atoms with van der Waals surface area (Å²) >= 11 is 0. The van der Waals surface area contributed by atoms with Crippen LogP contribution < -0.4 is 0 Å². The standard InChI is InChI=1S/C29H22O2/c30-27-24-18-10-11-19-25(24)28(31)29(27,20-21-12-4-1-5-13-21)26(22-14-6-2-7-15-22)23-16-8-3-9-17-23/h1-19,26H,20H2. The van der Waals surface area contributed by atoms with Gasteiger partial charge in [0.15, 0.2) is 11.6 Å². The van der Waals surface area contributed by atoms with Gasteiger partial charge in [-0.3, -0.25) is 9.59 Å². The second-order valence-corrected chi connectivity index (χ2v) is 8.09. The number of carbonyl (C=O) groups is 2. The van der Waals surface area contributed by atoms with Crippen LogP contribution in [0.25, 0.3) is 0 Å². The summed E-state index contributed by atoms with van der Waals surface area (Å²) in [6.45, 7) is 0. The number of rotatable bonds is 5. The Morgan fingerprint density at radius 3 is 1.35 bits per heavy atom. The fourth-order valence-corrected chi connectivity index (χ4v) is 4.96. The second kappa shape index (κ2) is 7.81. The Labute approximate surface area is 182 Å². The zero-order valence-corrected chi connectivity index (χ0v) is 17.1. The summed E-state index contributed by atoms with van der Waals surface area (Å²) in [6, 6.07) is 37.0. The van der Waals surface area contributed by atoms with Gasteiger partial charge in [-0.15, -0.1) is 0 Å². The Morgan fingerprint density at radius 1 is 0.516 bits per heavy atom. The number of carbonyl (C=O) groups excluding carboxylic acids is 2. The molecule has 0 bridgehead atoms. The number of hydrogen-bond acceptors (Lipinski definition) is 2. The number of benzene rings is 4. The number of ketones is 2. The predicted octanol–water partition coefficient (Wildman–Crippen LogP) is 6.13. The van der Waals surface area contributed by atoms with E-state index in [1.165, 1.54) is 0 Å². The van der Waals surface area contributed by atoms with Crippen molar-refractivity contribution in [3.05, 3.63) is 143 Å². The van der Waals surface area contributed by atoms with E-state index < -0.39 is 5.41 Å². The zero-order valence-electron chi connectivity index (χ0n) is 17.1. The van der Waals surface area contributed by atoms with Gasteiger partial charge in [-0.1, -0.05) is 115 Å². The Morgan fingerprint density at radius 2 is 0.903 bits per heavy atom. The van der Waals surface area contributed by atoms with Gasteiger partial charge >= 0.3 is 0 Å². The van der Waals surface area contributed by atoms with Crippen LogP contribution in [0.2, 0.25) is 0 Å². The van der Waals surface area contributed by atoms with Crippen molar-refractivity contribution in [2.75, 3.05) is 0 Å². The minimum atomic E-state index is -1.23. The highest BCUT2D eigenvalue weighted by atomic mass is 16.2. The molecule has 2 heteroatoms. The van der Waals surface area contributed by atoms with Gasteiger partial charge in [-0.2, -0.15) is 0 Å². The lowest BCUT2D eigenvalue weighted by molar-refractivity contribution is 0.0668. The van der Waals surface area contributed by atoms with E-state index in [-0.39, 0.29) is 17.5 Å². The maximum absolute atomic E-state index is 14.1. The predicted molar refractivity (Wildman–Crippen MR) is 122 cm³/mol. The van der Waals surface area contributed by atoms with Crippen molar-refractivity contribution in [1.82, 2.24) is 0 Å². The minimum Gasteiger partial charge on any atom is -0.293 e. The molecule has 4 aromatic carbocycles. The molecule has 0 unspecified atom stereocenters. The normalized spacial score (nSPS) is 14.6. The molecule has 0 saturated heterocycles. The van der Waals surface area contributed by atoms with Gasteiger partial charge in [0.1, 0.15) is 5.41 Å². The first-order valence-corrected chi connectivity index (χ1v) is 10.5. The molecule has 5 rings (SSSR count). The third-order valence-electron chi connectivity index (χ3n) is 6.31. The van der Waals surface area contributed by atoms with Crippen LogP contribution in [0.5, 0.6) is 0 Å². The SMILES string of the molecule is O=C1c2ccccc2C(=O)C1(Cc1ccccc1)C(c1ccccc1)c1ccccc1. The van der Waals surface area contributed by atoms with Crippen LogP contribution in [-0.2, 0) is 6.42 Å². The topological polar surface area (TPSA) is 34.1 Å². The molecule has 4 aromatic rings. The maximum Gasteiger partial charge on any atom is 0.178 e. The van der Waals surface area contributed by atoms with Gasteiger partial charge in [-0.05, 0) is 23.1 Å². The fourth-order valence-electron chi connectivity index (χ4n) is 4.96. The third-order valence-corrected chi connectivity index (χ3v) is 6.31. The molecule has 0 spiro atoms. The second-order valence-electron chi connectivity index (χ2n) is 8.09. The van der Waals surface area contributed by atoms with Crippen LogP contribution in [0.15, 0.2) is 115 Å². The molecule has 1 aliphatic rings. The third kappa shape index (κ3) is 3.12. The molecule has 150 valence electrons. The summed E-state index contributed by atoms with van der Waals surface area (Å²) < 4.78 is 0. The highest BCUT2D eigenvalue weighted by molar-refractivity contribution is 6.30. The molecule has 31 heavy (non-hydrogen) atoms. The van der Waals surface area contributed by atoms with E-state index in [0.717, 1.165) is 16.7 Å².